The van der Waals surface area contributed by atoms with Crippen LogP contribution in [-0.4, -0.2) is 32.4 Å². The summed E-state index contributed by atoms with van der Waals surface area (Å²) in [6.45, 7) is 1.87. The lowest BCUT2D eigenvalue weighted by Gasteiger charge is -2.10. The van der Waals surface area contributed by atoms with E-state index in [0.29, 0.717) is 11.4 Å². The lowest BCUT2D eigenvalue weighted by molar-refractivity contribution is 0.102. The van der Waals surface area contributed by atoms with Gasteiger partial charge in [0.15, 0.2) is 0 Å². The summed E-state index contributed by atoms with van der Waals surface area (Å²) in [5.41, 5.74) is 4.57. The van der Waals surface area contributed by atoms with Crippen LogP contribution in [0, 0.1) is 6.92 Å². The van der Waals surface area contributed by atoms with E-state index in [4.69, 9.17) is 4.74 Å². The number of ether oxygens (including phenoxy) is 1. The van der Waals surface area contributed by atoms with E-state index >= 15 is 0 Å². The minimum absolute atomic E-state index is 0.183. The molecule has 6 nitrogen and oxygen atoms in total. The second-order valence-corrected chi connectivity index (χ2v) is 8.38. The summed E-state index contributed by atoms with van der Waals surface area (Å²) in [4.78, 5) is 25.1. The fourth-order valence-electron chi connectivity index (χ4n) is 3.49. The summed E-state index contributed by atoms with van der Waals surface area (Å²) >= 11 is 3.20. The fourth-order valence-corrected chi connectivity index (χ4v) is 3.76. The Hall–Kier alpha value is -4.10. The van der Waals surface area contributed by atoms with Gasteiger partial charge in [0, 0.05) is 29.8 Å². The molecule has 0 spiro atoms. The molecule has 0 amide bonds. The van der Waals surface area contributed by atoms with Crippen molar-refractivity contribution in [3.63, 3.8) is 0 Å². The Morgan fingerprint density at radius 1 is 0.886 bits per heavy atom. The molecular weight excluding hydrogens is 504 g/mol. The summed E-state index contributed by atoms with van der Waals surface area (Å²) in [7, 11) is 1.66. The Labute approximate surface area is 212 Å². The largest absolute Gasteiger partial charge is 0.496 e. The molecule has 0 N–H and O–H groups in total. The van der Waals surface area contributed by atoms with E-state index in [1.807, 2.05) is 90.4 Å². The normalized spacial score (nSPS) is 10.3. The standard InChI is InChI=1S/C23H19N3O2.C5H4BrN/c1-16-7-6-12-24-22(16)23(27)20-14-26(15-25-20)18-9-5-8-17(13-18)19-10-3-4-11-21(19)28-2;6-5-3-1-2-4-7-5/h3-15H,1-2H3;1-4H. The summed E-state index contributed by atoms with van der Waals surface area (Å²) in [6.07, 6.45) is 6.74. The first-order chi connectivity index (χ1) is 17.1. The lowest BCUT2D eigenvalue weighted by atomic mass is 10.0. The van der Waals surface area contributed by atoms with Crippen molar-refractivity contribution in [1.29, 1.82) is 0 Å². The van der Waals surface area contributed by atoms with Crippen molar-refractivity contribution in [3.8, 4) is 22.6 Å². The Kier molecular flexibility index (Phi) is 7.80. The van der Waals surface area contributed by atoms with Crippen molar-refractivity contribution in [1.82, 2.24) is 19.5 Å². The molecule has 0 unspecified atom stereocenters. The second-order valence-electron chi connectivity index (χ2n) is 7.57. The maximum Gasteiger partial charge on any atom is 0.231 e. The number of aryl methyl sites for hydroxylation is 1. The van der Waals surface area contributed by atoms with Crippen LogP contribution >= 0.6 is 15.9 Å². The molecule has 0 saturated carbocycles. The van der Waals surface area contributed by atoms with Crippen LogP contribution < -0.4 is 4.74 Å². The SMILES string of the molecule is Brc1ccccn1.COc1ccccc1-c1cccc(-n2cnc(C(=O)c3ncccc3C)c2)c1. The molecule has 0 bridgehead atoms. The first-order valence-electron chi connectivity index (χ1n) is 10.9. The number of pyridine rings is 2. The van der Waals surface area contributed by atoms with Crippen LogP contribution in [0.1, 0.15) is 21.7 Å². The van der Waals surface area contributed by atoms with Crippen LogP contribution in [0.4, 0.5) is 0 Å². The molecule has 35 heavy (non-hydrogen) atoms. The van der Waals surface area contributed by atoms with Crippen molar-refractivity contribution in [3.05, 3.63) is 125 Å². The number of methoxy groups -OCH3 is 1. The number of carbonyl (C=O) groups is 1. The first-order valence-corrected chi connectivity index (χ1v) is 11.7. The van der Waals surface area contributed by atoms with Gasteiger partial charge in [-0.1, -0.05) is 42.5 Å². The van der Waals surface area contributed by atoms with Crippen LogP contribution in [0.3, 0.4) is 0 Å². The number of carbonyl (C=O) groups excluding carboxylic acids is 1. The monoisotopic (exact) mass is 526 g/mol. The summed E-state index contributed by atoms with van der Waals surface area (Å²) in [6, 6.07) is 25.3. The van der Waals surface area contributed by atoms with Crippen molar-refractivity contribution >= 4 is 21.7 Å². The number of rotatable bonds is 5. The van der Waals surface area contributed by atoms with E-state index in [1.54, 1.807) is 32.0 Å². The van der Waals surface area contributed by atoms with Crippen LogP contribution in [0.25, 0.3) is 16.8 Å². The highest BCUT2D eigenvalue weighted by atomic mass is 79.9. The predicted octanol–water partition coefficient (Wildman–Crippen LogP) is 6.33. The van der Waals surface area contributed by atoms with Crippen molar-refractivity contribution in [2.45, 2.75) is 6.92 Å². The molecule has 5 aromatic rings. The molecular formula is C28H23BrN4O2. The molecule has 2 aromatic carbocycles. The Morgan fingerprint density at radius 3 is 2.40 bits per heavy atom. The number of nitrogens with zero attached hydrogens (tertiary/aromatic N) is 4. The third kappa shape index (κ3) is 5.88. The number of halogens is 1. The number of ketones is 1. The molecule has 0 fully saturated rings. The van der Waals surface area contributed by atoms with Gasteiger partial charge in [-0.2, -0.15) is 0 Å². The van der Waals surface area contributed by atoms with Crippen LogP contribution in [0.2, 0.25) is 0 Å². The van der Waals surface area contributed by atoms with Gasteiger partial charge in [-0.25, -0.2) is 9.97 Å². The highest BCUT2D eigenvalue weighted by Crippen LogP contribution is 2.30. The minimum Gasteiger partial charge on any atom is -0.496 e. The Morgan fingerprint density at radius 2 is 1.69 bits per heavy atom. The van der Waals surface area contributed by atoms with E-state index < -0.39 is 0 Å². The predicted molar refractivity (Wildman–Crippen MR) is 140 cm³/mol. The van der Waals surface area contributed by atoms with Gasteiger partial charge >= 0.3 is 0 Å². The number of aromatic nitrogens is 4. The zero-order valence-corrected chi connectivity index (χ0v) is 20.9. The number of imidazole rings is 1. The number of hydrogen-bond donors (Lipinski definition) is 0. The molecule has 0 radical (unpaired) electrons. The van der Waals surface area contributed by atoms with Gasteiger partial charge in [-0.05, 0) is 70.4 Å². The van der Waals surface area contributed by atoms with Crippen molar-refractivity contribution < 1.29 is 9.53 Å². The zero-order chi connectivity index (χ0) is 24.6. The molecule has 3 aromatic heterocycles. The lowest BCUT2D eigenvalue weighted by Crippen LogP contribution is -2.06. The van der Waals surface area contributed by atoms with Gasteiger partial charge in [-0.15, -0.1) is 0 Å². The van der Waals surface area contributed by atoms with Gasteiger partial charge < -0.3 is 9.30 Å². The molecule has 0 aliphatic heterocycles. The highest BCUT2D eigenvalue weighted by Gasteiger charge is 2.16. The topological polar surface area (TPSA) is 69.9 Å². The van der Waals surface area contributed by atoms with Crippen LogP contribution in [0.5, 0.6) is 5.75 Å². The number of benzene rings is 2. The highest BCUT2D eigenvalue weighted by molar-refractivity contribution is 9.10. The number of para-hydroxylation sites is 1. The van der Waals surface area contributed by atoms with Gasteiger partial charge in [-0.3, -0.25) is 9.78 Å². The van der Waals surface area contributed by atoms with E-state index in [1.165, 1.54) is 0 Å². The summed E-state index contributed by atoms with van der Waals surface area (Å²) < 4.78 is 8.19. The Balaban J connectivity index is 0.000000356. The Bertz CT molecular complexity index is 1430. The van der Waals surface area contributed by atoms with Gasteiger partial charge in [0.05, 0.1) is 7.11 Å². The summed E-state index contributed by atoms with van der Waals surface area (Å²) in [5, 5.41) is 0. The van der Waals surface area contributed by atoms with E-state index in [-0.39, 0.29) is 5.78 Å². The van der Waals surface area contributed by atoms with Crippen molar-refractivity contribution in [2.24, 2.45) is 0 Å². The van der Waals surface area contributed by atoms with Crippen LogP contribution in [-0.2, 0) is 0 Å². The third-order valence-electron chi connectivity index (χ3n) is 5.23. The molecule has 0 atom stereocenters. The molecule has 7 heteroatoms. The zero-order valence-electron chi connectivity index (χ0n) is 19.3. The molecule has 0 saturated heterocycles. The van der Waals surface area contributed by atoms with Gasteiger partial charge in [0.2, 0.25) is 5.78 Å². The molecule has 5 rings (SSSR count). The van der Waals surface area contributed by atoms with Gasteiger partial charge in [0.1, 0.15) is 28.1 Å². The minimum atomic E-state index is -0.183. The van der Waals surface area contributed by atoms with Gasteiger partial charge in [0.25, 0.3) is 0 Å². The average Bonchev–Trinajstić information content (AvgIpc) is 3.40. The second kappa shape index (κ2) is 11.4. The molecule has 0 aliphatic rings. The quantitative estimate of drug-likeness (QED) is 0.198. The third-order valence-corrected chi connectivity index (χ3v) is 5.70. The smallest absolute Gasteiger partial charge is 0.231 e. The fraction of sp³-hybridized carbons (Fsp3) is 0.0714. The van der Waals surface area contributed by atoms with E-state index in [2.05, 4.69) is 30.9 Å². The molecule has 0 aliphatic carbocycles. The molecule has 174 valence electrons. The maximum atomic E-state index is 12.7. The average molecular weight is 527 g/mol. The van der Waals surface area contributed by atoms with Crippen LogP contribution in [0.15, 0.2) is 108 Å². The first kappa shape index (κ1) is 24.0. The molecule has 3 heterocycles. The summed E-state index contributed by atoms with van der Waals surface area (Å²) in [5.74, 6) is 0.629. The maximum absolute atomic E-state index is 12.7. The number of hydrogen-bond acceptors (Lipinski definition) is 5. The van der Waals surface area contributed by atoms with E-state index in [0.717, 1.165) is 32.7 Å². The van der Waals surface area contributed by atoms with E-state index in [9.17, 15) is 4.79 Å². The van der Waals surface area contributed by atoms with Crippen molar-refractivity contribution in [2.75, 3.05) is 7.11 Å².